The Morgan fingerprint density at radius 1 is 1.17 bits per heavy atom. The van der Waals surface area contributed by atoms with E-state index in [0.717, 1.165) is 54.4 Å². The molecule has 0 aliphatic carbocycles. The van der Waals surface area contributed by atoms with Gasteiger partial charge in [0.2, 0.25) is 0 Å². The van der Waals surface area contributed by atoms with Crippen LogP contribution in [0, 0.1) is 5.92 Å². The van der Waals surface area contributed by atoms with E-state index in [4.69, 9.17) is 21.4 Å². The molecule has 30 heavy (non-hydrogen) atoms. The average Bonchev–Trinajstić information content (AvgIpc) is 3.21. The minimum atomic E-state index is -0.125. The van der Waals surface area contributed by atoms with Crippen molar-refractivity contribution < 1.29 is 9.53 Å². The van der Waals surface area contributed by atoms with Gasteiger partial charge < -0.3 is 4.74 Å². The van der Waals surface area contributed by atoms with Gasteiger partial charge in [0, 0.05) is 17.0 Å². The zero-order valence-corrected chi connectivity index (χ0v) is 18.3. The summed E-state index contributed by atoms with van der Waals surface area (Å²) in [6, 6.07) is 15.4. The number of halogens is 1. The van der Waals surface area contributed by atoms with Gasteiger partial charge in [-0.15, -0.1) is 0 Å². The molecule has 2 aliphatic heterocycles. The Hall–Kier alpha value is -2.37. The summed E-state index contributed by atoms with van der Waals surface area (Å²) in [7, 11) is 1.65. The maximum absolute atomic E-state index is 13.3. The summed E-state index contributed by atoms with van der Waals surface area (Å²) in [6.45, 7) is 4.63. The van der Waals surface area contributed by atoms with Gasteiger partial charge in [-0.05, 0) is 61.7 Å². The molecule has 0 saturated carbocycles. The van der Waals surface area contributed by atoms with Crippen molar-refractivity contribution in [2.24, 2.45) is 11.0 Å². The highest BCUT2D eigenvalue weighted by Crippen LogP contribution is 2.34. The molecule has 2 aliphatic rings. The van der Waals surface area contributed by atoms with E-state index in [2.05, 4.69) is 11.8 Å². The molecule has 2 aromatic rings. The van der Waals surface area contributed by atoms with Gasteiger partial charge in [-0.3, -0.25) is 9.69 Å². The van der Waals surface area contributed by atoms with E-state index in [1.165, 1.54) is 0 Å². The van der Waals surface area contributed by atoms with Crippen LogP contribution in [0.4, 0.5) is 0 Å². The van der Waals surface area contributed by atoms with Crippen molar-refractivity contribution in [2.75, 3.05) is 26.7 Å². The van der Waals surface area contributed by atoms with Crippen LogP contribution in [0.25, 0.3) is 0 Å². The van der Waals surface area contributed by atoms with E-state index in [-0.39, 0.29) is 11.9 Å². The number of carbonyl (C=O) groups is 1. The molecule has 1 atom stereocenters. The molecule has 1 unspecified atom stereocenters. The average molecular weight is 426 g/mol. The second-order valence-corrected chi connectivity index (χ2v) is 8.68. The molecule has 0 aromatic heterocycles. The highest BCUT2D eigenvalue weighted by atomic mass is 35.5. The Kier molecular flexibility index (Phi) is 6.40. The van der Waals surface area contributed by atoms with Crippen LogP contribution in [0.15, 0.2) is 53.6 Å². The van der Waals surface area contributed by atoms with Crippen molar-refractivity contribution in [3.63, 3.8) is 0 Å². The number of hydrazone groups is 1. The largest absolute Gasteiger partial charge is 0.497 e. The number of carbonyl (C=O) groups excluding carboxylic acids is 1. The Bertz CT molecular complexity index is 920. The van der Waals surface area contributed by atoms with Crippen LogP contribution in [-0.4, -0.2) is 48.3 Å². The maximum atomic E-state index is 13.3. The van der Waals surface area contributed by atoms with Crippen LogP contribution in [0.3, 0.4) is 0 Å². The van der Waals surface area contributed by atoms with Crippen LogP contribution < -0.4 is 4.74 Å². The first-order valence-electron chi connectivity index (χ1n) is 10.6. The van der Waals surface area contributed by atoms with Gasteiger partial charge in [0.05, 0.1) is 25.4 Å². The molecule has 5 nitrogen and oxygen atoms in total. The number of piperidine rings is 1. The molecule has 0 spiro atoms. The van der Waals surface area contributed by atoms with Gasteiger partial charge in [0.25, 0.3) is 5.91 Å². The number of benzene rings is 2. The molecular weight excluding hydrogens is 398 g/mol. The minimum absolute atomic E-state index is 0.0439. The molecule has 1 amide bonds. The van der Waals surface area contributed by atoms with Gasteiger partial charge in [-0.25, -0.2) is 5.01 Å². The maximum Gasteiger partial charge on any atom is 0.257 e. The van der Waals surface area contributed by atoms with Crippen molar-refractivity contribution >= 4 is 23.2 Å². The third-order valence-electron chi connectivity index (χ3n) is 6.06. The highest BCUT2D eigenvalue weighted by Gasteiger charge is 2.34. The fourth-order valence-corrected chi connectivity index (χ4v) is 4.27. The van der Waals surface area contributed by atoms with Gasteiger partial charge in [-0.2, -0.15) is 5.10 Å². The first-order valence-corrected chi connectivity index (χ1v) is 10.9. The Morgan fingerprint density at radius 3 is 2.60 bits per heavy atom. The normalized spacial score (nSPS) is 20.3. The fourth-order valence-electron chi connectivity index (χ4n) is 4.15. The fraction of sp³-hybridized carbons (Fsp3) is 0.417. The van der Waals surface area contributed by atoms with Crippen LogP contribution in [0.5, 0.6) is 5.75 Å². The van der Waals surface area contributed by atoms with Crippen LogP contribution >= 0.6 is 11.6 Å². The third kappa shape index (κ3) is 4.68. The molecule has 2 aromatic carbocycles. The lowest BCUT2D eigenvalue weighted by atomic mass is 9.98. The third-order valence-corrected chi connectivity index (χ3v) is 6.31. The van der Waals surface area contributed by atoms with Crippen molar-refractivity contribution in [3.05, 3.63) is 64.7 Å². The van der Waals surface area contributed by atoms with Crippen molar-refractivity contribution in [3.8, 4) is 5.75 Å². The van der Waals surface area contributed by atoms with E-state index in [9.17, 15) is 4.79 Å². The molecule has 0 radical (unpaired) electrons. The van der Waals surface area contributed by atoms with E-state index < -0.39 is 0 Å². The van der Waals surface area contributed by atoms with Crippen molar-refractivity contribution in [2.45, 2.75) is 32.2 Å². The molecule has 6 heteroatoms. The first-order chi connectivity index (χ1) is 14.5. The minimum Gasteiger partial charge on any atom is -0.497 e. The molecule has 0 N–H and O–H groups in total. The summed E-state index contributed by atoms with van der Waals surface area (Å²) in [5, 5.41) is 7.14. The van der Waals surface area contributed by atoms with E-state index >= 15 is 0 Å². The predicted octanol–water partition coefficient (Wildman–Crippen LogP) is 4.76. The molecule has 158 valence electrons. The van der Waals surface area contributed by atoms with Gasteiger partial charge in [0.1, 0.15) is 5.75 Å². The van der Waals surface area contributed by atoms with E-state index in [1.54, 1.807) is 12.1 Å². The van der Waals surface area contributed by atoms with Gasteiger partial charge >= 0.3 is 0 Å². The summed E-state index contributed by atoms with van der Waals surface area (Å²) < 4.78 is 5.37. The second-order valence-electron chi connectivity index (χ2n) is 8.25. The Labute approximate surface area is 183 Å². The second kappa shape index (κ2) is 9.19. The molecule has 0 bridgehead atoms. The number of ether oxygens (including phenoxy) is 1. The number of likely N-dealkylation sites (tertiary alicyclic amines) is 1. The monoisotopic (exact) mass is 425 g/mol. The van der Waals surface area contributed by atoms with Gasteiger partial charge in [0.15, 0.2) is 0 Å². The van der Waals surface area contributed by atoms with Crippen LogP contribution in [0.1, 0.15) is 43.4 Å². The van der Waals surface area contributed by atoms with Gasteiger partial charge in [-0.1, -0.05) is 42.8 Å². The zero-order chi connectivity index (χ0) is 21.1. The molecule has 1 fully saturated rings. The summed E-state index contributed by atoms with van der Waals surface area (Å²) in [6.07, 6.45) is 2.95. The van der Waals surface area contributed by atoms with E-state index in [0.29, 0.717) is 18.0 Å². The quantitative estimate of drug-likeness (QED) is 0.693. The molecule has 4 rings (SSSR count). The summed E-state index contributed by atoms with van der Waals surface area (Å²) in [5.41, 5.74) is 2.92. The zero-order valence-electron chi connectivity index (χ0n) is 17.6. The Balaban J connectivity index is 1.58. The smallest absolute Gasteiger partial charge is 0.257 e. The molecule has 1 saturated heterocycles. The number of nitrogens with zero attached hydrogens (tertiary/aromatic N) is 3. The summed E-state index contributed by atoms with van der Waals surface area (Å²) in [5.74, 6) is 1.57. The standard InChI is InChI=1S/C24H28ClN3O2/c1-17-10-12-27(13-11-17)16-24(29)28-23(18-6-8-20(25)9-7-18)15-22(26-28)19-4-3-5-21(14-19)30-2/h3-9,14,17,23H,10-13,15-16H2,1-2H3. The lowest BCUT2D eigenvalue weighted by molar-refractivity contribution is -0.134. The number of amides is 1. The summed E-state index contributed by atoms with van der Waals surface area (Å²) in [4.78, 5) is 15.5. The highest BCUT2D eigenvalue weighted by molar-refractivity contribution is 6.30. The number of methoxy groups -OCH3 is 1. The number of hydrogen-bond donors (Lipinski definition) is 0. The SMILES string of the molecule is COc1cccc(C2=NN(C(=O)CN3CCC(C)CC3)C(c3ccc(Cl)cc3)C2)c1. The predicted molar refractivity (Wildman–Crippen MR) is 120 cm³/mol. The van der Waals surface area contributed by atoms with Crippen LogP contribution in [-0.2, 0) is 4.79 Å². The lowest BCUT2D eigenvalue weighted by Crippen LogP contribution is -2.41. The van der Waals surface area contributed by atoms with Crippen molar-refractivity contribution in [1.29, 1.82) is 0 Å². The first kappa shape index (κ1) is 20.9. The lowest BCUT2D eigenvalue weighted by Gasteiger charge is -2.31. The Morgan fingerprint density at radius 2 is 1.90 bits per heavy atom. The van der Waals surface area contributed by atoms with Crippen LogP contribution in [0.2, 0.25) is 5.02 Å². The number of rotatable bonds is 5. The number of hydrogen-bond acceptors (Lipinski definition) is 4. The summed E-state index contributed by atoms with van der Waals surface area (Å²) >= 11 is 6.09. The topological polar surface area (TPSA) is 45.1 Å². The molecular formula is C24H28ClN3O2. The van der Waals surface area contributed by atoms with E-state index in [1.807, 2.05) is 48.5 Å². The molecule has 2 heterocycles. The van der Waals surface area contributed by atoms with Crippen molar-refractivity contribution in [1.82, 2.24) is 9.91 Å².